The quantitative estimate of drug-likeness (QED) is 0.800. The highest BCUT2D eigenvalue weighted by Crippen LogP contribution is 2.30. The standard InChI is InChI=1S/C15H14N2O3/c18-12-3-1-2-10(6-12)8-16-11-4-5-14-13(7-11)17-15(19)9-20-14/h1-7,16,18H,8-9H2,(H,17,19). The number of amides is 1. The largest absolute Gasteiger partial charge is 0.508 e. The number of ether oxygens (including phenoxy) is 1. The molecule has 0 atom stereocenters. The normalized spacial score (nSPS) is 13.1. The van der Waals surface area contributed by atoms with Crippen LogP contribution in [0.3, 0.4) is 0 Å². The summed E-state index contributed by atoms with van der Waals surface area (Å²) >= 11 is 0. The van der Waals surface area contributed by atoms with Crippen molar-refractivity contribution >= 4 is 17.3 Å². The third-order valence-corrected chi connectivity index (χ3v) is 3.02. The van der Waals surface area contributed by atoms with Gasteiger partial charge in [-0.2, -0.15) is 0 Å². The van der Waals surface area contributed by atoms with E-state index in [2.05, 4.69) is 10.6 Å². The van der Waals surface area contributed by atoms with E-state index in [-0.39, 0.29) is 18.3 Å². The smallest absolute Gasteiger partial charge is 0.262 e. The molecule has 1 aliphatic heterocycles. The first-order valence-corrected chi connectivity index (χ1v) is 6.29. The molecular weight excluding hydrogens is 256 g/mol. The van der Waals surface area contributed by atoms with Crippen molar-refractivity contribution in [3.05, 3.63) is 48.0 Å². The van der Waals surface area contributed by atoms with E-state index in [0.717, 1.165) is 11.3 Å². The number of phenolic OH excluding ortho intramolecular Hbond substituents is 1. The molecule has 0 saturated carbocycles. The Morgan fingerprint density at radius 2 is 2.15 bits per heavy atom. The second-order valence-electron chi connectivity index (χ2n) is 4.57. The van der Waals surface area contributed by atoms with Gasteiger partial charge in [-0.25, -0.2) is 0 Å². The van der Waals surface area contributed by atoms with Crippen molar-refractivity contribution in [2.45, 2.75) is 6.54 Å². The van der Waals surface area contributed by atoms with Crippen LogP contribution in [0, 0.1) is 0 Å². The maximum Gasteiger partial charge on any atom is 0.262 e. The Balaban J connectivity index is 1.72. The van der Waals surface area contributed by atoms with Crippen molar-refractivity contribution < 1.29 is 14.6 Å². The average molecular weight is 270 g/mol. The fraction of sp³-hybridized carbons (Fsp3) is 0.133. The molecule has 1 heterocycles. The van der Waals surface area contributed by atoms with Crippen LogP contribution in [0.15, 0.2) is 42.5 Å². The summed E-state index contributed by atoms with van der Waals surface area (Å²) in [7, 11) is 0. The van der Waals surface area contributed by atoms with Gasteiger partial charge in [-0.05, 0) is 35.9 Å². The van der Waals surface area contributed by atoms with Crippen molar-refractivity contribution in [1.29, 1.82) is 0 Å². The Kier molecular flexibility index (Phi) is 3.16. The van der Waals surface area contributed by atoms with E-state index in [9.17, 15) is 9.90 Å². The number of hydrogen-bond acceptors (Lipinski definition) is 4. The summed E-state index contributed by atoms with van der Waals surface area (Å²) in [5.74, 6) is 0.769. The molecule has 3 N–H and O–H groups in total. The first kappa shape index (κ1) is 12.3. The van der Waals surface area contributed by atoms with Crippen LogP contribution in [-0.2, 0) is 11.3 Å². The van der Waals surface area contributed by atoms with Crippen LogP contribution in [0.5, 0.6) is 11.5 Å². The van der Waals surface area contributed by atoms with E-state index in [1.165, 1.54) is 0 Å². The number of aromatic hydroxyl groups is 1. The van der Waals surface area contributed by atoms with Crippen molar-refractivity contribution in [1.82, 2.24) is 0 Å². The van der Waals surface area contributed by atoms with E-state index in [4.69, 9.17) is 4.74 Å². The zero-order chi connectivity index (χ0) is 13.9. The lowest BCUT2D eigenvalue weighted by Gasteiger charge is -2.18. The van der Waals surface area contributed by atoms with Crippen molar-refractivity contribution in [2.75, 3.05) is 17.2 Å². The molecule has 2 aromatic carbocycles. The van der Waals surface area contributed by atoms with E-state index in [1.807, 2.05) is 24.3 Å². The number of carbonyl (C=O) groups is 1. The van der Waals surface area contributed by atoms with Crippen LogP contribution in [0.1, 0.15) is 5.56 Å². The number of phenols is 1. The Labute approximate surface area is 116 Å². The molecule has 0 aliphatic carbocycles. The Hall–Kier alpha value is -2.69. The molecule has 5 heteroatoms. The number of nitrogens with one attached hydrogen (secondary N) is 2. The molecule has 5 nitrogen and oxygen atoms in total. The van der Waals surface area contributed by atoms with Crippen LogP contribution in [0.4, 0.5) is 11.4 Å². The van der Waals surface area contributed by atoms with Gasteiger partial charge in [0.1, 0.15) is 11.5 Å². The van der Waals surface area contributed by atoms with Gasteiger partial charge < -0.3 is 20.5 Å². The molecule has 0 fully saturated rings. The topological polar surface area (TPSA) is 70.6 Å². The average Bonchev–Trinajstić information content (AvgIpc) is 2.45. The number of anilines is 2. The van der Waals surface area contributed by atoms with Crippen LogP contribution in [0.2, 0.25) is 0 Å². The minimum atomic E-state index is -0.150. The lowest BCUT2D eigenvalue weighted by Crippen LogP contribution is -2.25. The first-order chi connectivity index (χ1) is 9.70. The van der Waals surface area contributed by atoms with E-state index < -0.39 is 0 Å². The summed E-state index contributed by atoms with van der Waals surface area (Å²) < 4.78 is 5.30. The van der Waals surface area contributed by atoms with E-state index in [0.29, 0.717) is 18.0 Å². The van der Waals surface area contributed by atoms with Gasteiger partial charge in [0.2, 0.25) is 0 Å². The third-order valence-electron chi connectivity index (χ3n) is 3.02. The van der Waals surface area contributed by atoms with Gasteiger partial charge in [0.25, 0.3) is 5.91 Å². The summed E-state index contributed by atoms with van der Waals surface area (Å²) in [6.45, 7) is 0.644. The summed E-state index contributed by atoms with van der Waals surface area (Å²) in [4.78, 5) is 11.3. The van der Waals surface area contributed by atoms with Crippen LogP contribution >= 0.6 is 0 Å². The molecular formula is C15H14N2O3. The molecule has 0 aromatic heterocycles. The summed E-state index contributed by atoms with van der Waals surface area (Å²) in [5, 5.41) is 15.4. The van der Waals surface area contributed by atoms with Gasteiger partial charge >= 0.3 is 0 Å². The van der Waals surface area contributed by atoms with E-state index in [1.54, 1.807) is 18.2 Å². The van der Waals surface area contributed by atoms with Crippen molar-refractivity contribution in [2.24, 2.45) is 0 Å². The van der Waals surface area contributed by atoms with Crippen LogP contribution < -0.4 is 15.4 Å². The van der Waals surface area contributed by atoms with Gasteiger partial charge in [0.15, 0.2) is 6.61 Å². The number of fused-ring (bicyclic) bond motifs is 1. The monoisotopic (exact) mass is 270 g/mol. The lowest BCUT2D eigenvalue weighted by molar-refractivity contribution is -0.118. The van der Waals surface area contributed by atoms with Crippen LogP contribution in [0.25, 0.3) is 0 Å². The number of rotatable bonds is 3. The highest BCUT2D eigenvalue weighted by Gasteiger charge is 2.15. The van der Waals surface area contributed by atoms with Gasteiger partial charge in [0, 0.05) is 12.2 Å². The van der Waals surface area contributed by atoms with Crippen molar-refractivity contribution in [3.63, 3.8) is 0 Å². The highest BCUT2D eigenvalue weighted by atomic mass is 16.5. The highest BCUT2D eigenvalue weighted by molar-refractivity contribution is 5.96. The molecule has 0 spiro atoms. The SMILES string of the molecule is O=C1COc2ccc(NCc3cccc(O)c3)cc2N1. The van der Waals surface area contributed by atoms with Crippen LogP contribution in [-0.4, -0.2) is 17.6 Å². The second-order valence-corrected chi connectivity index (χ2v) is 4.57. The molecule has 1 aliphatic rings. The molecule has 0 unspecified atom stereocenters. The molecule has 0 bridgehead atoms. The van der Waals surface area contributed by atoms with Gasteiger partial charge in [0.05, 0.1) is 5.69 Å². The summed E-state index contributed by atoms with van der Waals surface area (Å²) in [5.41, 5.74) is 2.52. The third kappa shape index (κ3) is 2.66. The molecule has 2 aromatic rings. The fourth-order valence-corrected chi connectivity index (χ4v) is 2.06. The fourth-order valence-electron chi connectivity index (χ4n) is 2.06. The van der Waals surface area contributed by atoms with Gasteiger partial charge in [-0.3, -0.25) is 4.79 Å². The molecule has 20 heavy (non-hydrogen) atoms. The predicted octanol–water partition coefficient (Wildman–Crippen LogP) is 2.34. The lowest BCUT2D eigenvalue weighted by atomic mass is 10.2. The minimum absolute atomic E-state index is 0.0586. The maximum absolute atomic E-state index is 11.3. The Morgan fingerprint density at radius 3 is 3.00 bits per heavy atom. The minimum Gasteiger partial charge on any atom is -0.508 e. The molecule has 0 saturated heterocycles. The number of hydrogen-bond donors (Lipinski definition) is 3. The van der Waals surface area contributed by atoms with Gasteiger partial charge in [-0.15, -0.1) is 0 Å². The van der Waals surface area contributed by atoms with Crippen molar-refractivity contribution in [3.8, 4) is 11.5 Å². The zero-order valence-electron chi connectivity index (χ0n) is 10.7. The maximum atomic E-state index is 11.3. The van der Waals surface area contributed by atoms with E-state index >= 15 is 0 Å². The molecule has 102 valence electrons. The Bertz CT molecular complexity index is 655. The van der Waals surface area contributed by atoms with Gasteiger partial charge in [-0.1, -0.05) is 12.1 Å². The number of carbonyl (C=O) groups excluding carboxylic acids is 1. The second kappa shape index (κ2) is 5.13. The molecule has 0 radical (unpaired) electrons. The first-order valence-electron chi connectivity index (χ1n) is 6.29. The number of benzene rings is 2. The summed E-state index contributed by atoms with van der Waals surface area (Å²) in [6.07, 6.45) is 0. The Morgan fingerprint density at radius 1 is 1.25 bits per heavy atom. The molecule has 3 rings (SSSR count). The zero-order valence-corrected chi connectivity index (χ0v) is 10.7. The molecule has 1 amide bonds. The predicted molar refractivity (Wildman–Crippen MR) is 76.0 cm³/mol. The summed E-state index contributed by atoms with van der Waals surface area (Å²) in [6, 6.07) is 12.6.